The van der Waals surface area contributed by atoms with Gasteiger partial charge in [0, 0.05) is 18.0 Å². The fraction of sp³-hybridized carbons (Fsp3) is 0.727. The van der Waals surface area contributed by atoms with Crippen LogP contribution in [0.2, 0.25) is 0 Å². The maximum Gasteiger partial charge on any atom is 0.0795 e. The fourth-order valence-electron chi connectivity index (χ4n) is 1.29. The molecule has 0 aliphatic rings. The van der Waals surface area contributed by atoms with Crippen LogP contribution in [0.3, 0.4) is 0 Å². The van der Waals surface area contributed by atoms with E-state index < -0.39 is 0 Å². The number of nitrogens with zero attached hydrogens (tertiary/aromatic N) is 1. The Morgan fingerprint density at radius 2 is 2.14 bits per heavy atom. The van der Waals surface area contributed by atoms with Gasteiger partial charge in [0.25, 0.3) is 0 Å². The summed E-state index contributed by atoms with van der Waals surface area (Å²) in [7, 11) is 0. The lowest BCUT2D eigenvalue weighted by Gasteiger charge is -2.13. The van der Waals surface area contributed by atoms with Gasteiger partial charge >= 0.3 is 0 Å². The van der Waals surface area contributed by atoms with Gasteiger partial charge in [-0.05, 0) is 25.7 Å². The van der Waals surface area contributed by atoms with E-state index in [2.05, 4.69) is 36.5 Å². The molecule has 0 saturated carbocycles. The van der Waals surface area contributed by atoms with Crippen LogP contribution in [0.15, 0.2) is 10.9 Å². The summed E-state index contributed by atoms with van der Waals surface area (Å²) < 4.78 is 0. The van der Waals surface area contributed by atoms with Crippen molar-refractivity contribution in [2.75, 3.05) is 0 Å². The van der Waals surface area contributed by atoms with Crippen LogP contribution in [-0.2, 0) is 6.54 Å². The Labute approximate surface area is 90.8 Å². The second-order valence-electron chi connectivity index (χ2n) is 4.23. The van der Waals surface area contributed by atoms with Gasteiger partial charge in [-0.3, -0.25) is 0 Å². The van der Waals surface area contributed by atoms with E-state index >= 15 is 0 Å². The molecular formula is C11H20N2S. The third kappa shape index (κ3) is 4.72. The van der Waals surface area contributed by atoms with Crippen LogP contribution in [0.5, 0.6) is 0 Å². The van der Waals surface area contributed by atoms with Gasteiger partial charge in [0.15, 0.2) is 0 Å². The quantitative estimate of drug-likeness (QED) is 0.784. The van der Waals surface area contributed by atoms with Crippen LogP contribution >= 0.6 is 11.3 Å². The molecule has 0 amide bonds. The molecule has 1 rings (SSSR count). The molecule has 0 radical (unpaired) electrons. The monoisotopic (exact) mass is 212 g/mol. The summed E-state index contributed by atoms with van der Waals surface area (Å²) in [6.45, 7) is 7.69. The zero-order valence-corrected chi connectivity index (χ0v) is 10.1. The molecule has 0 aliphatic carbocycles. The molecule has 1 aromatic rings. The molecule has 0 fully saturated rings. The second kappa shape index (κ2) is 6.14. The fourth-order valence-corrected chi connectivity index (χ4v) is 1.85. The molecule has 0 spiro atoms. The first-order valence-electron chi connectivity index (χ1n) is 5.29. The van der Waals surface area contributed by atoms with E-state index in [-0.39, 0.29) is 0 Å². The SMILES string of the molecule is CC(C)CCC(C)NCc1cscn1. The molecule has 2 nitrogen and oxygen atoms in total. The van der Waals surface area contributed by atoms with Crippen LogP contribution in [0, 0.1) is 5.92 Å². The standard InChI is InChI=1S/C11H20N2S/c1-9(2)4-5-10(3)12-6-11-7-14-8-13-11/h7-10,12H,4-6H2,1-3H3. The van der Waals surface area contributed by atoms with E-state index in [9.17, 15) is 0 Å². The average molecular weight is 212 g/mol. The number of aromatic nitrogens is 1. The minimum absolute atomic E-state index is 0.596. The summed E-state index contributed by atoms with van der Waals surface area (Å²) in [5.74, 6) is 0.804. The maximum absolute atomic E-state index is 4.24. The Morgan fingerprint density at radius 1 is 1.36 bits per heavy atom. The van der Waals surface area contributed by atoms with Crippen molar-refractivity contribution in [3.05, 3.63) is 16.6 Å². The van der Waals surface area contributed by atoms with E-state index in [4.69, 9.17) is 0 Å². The minimum Gasteiger partial charge on any atom is -0.309 e. The van der Waals surface area contributed by atoms with Crippen LogP contribution in [0.4, 0.5) is 0 Å². The lowest BCUT2D eigenvalue weighted by molar-refractivity contribution is 0.449. The van der Waals surface area contributed by atoms with Crippen molar-refractivity contribution in [1.82, 2.24) is 10.3 Å². The molecule has 0 aliphatic heterocycles. The highest BCUT2D eigenvalue weighted by Gasteiger charge is 2.03. The normalized spacial score (nSPS) is 13.4. The van der Waals surface area contributed by atoms with E-state index in [1.165, 1.54) is 12.8 Å². The van der Waals surface area contributed by atoms with Crippen molar-refractivity contribution >= 4 is 11.3 Å². The lowest BCUT2D eigenvalue weighted by atomic mass is 10.0. The number of hydrogen-bond acceptors (Lipinski definition) is 3. The molecule has 0 bridgehead atoms. The molecule has 1 N–H and O–H groups in total. The van der Waals surface area contributed by atoms with Crippen LogP contribution in [0.25, 0.3) is 0 Å². The molecule has 80 valence electrons. The first-order valence-corrected chi connectivity index (χ1v) is 6.23. The first-order chi connectivity index (χ1) is 6.68. The Bertz CT molecular complexity index is 231. The summed E-state index contributed by atoms with van der Waals surface area (Å²) in [5.41, 5.74) is 3.04. The molecule has 3 heteroatoms. The van der Waals surface area contributed by atoms with Crippen LogP contribution in [0.1, 0.15) is 39.3 Å². The van der Waals surface area contributed by atoms with Gasteiger partial charge < -0.3 is 5.32 Å². The summed E-state index contributed by atoms with van der Waals surface area (Å²) in [6.07, 6.45) is 2.55. The smallest absolute Gasteiger partial charge is 0.0795 e. The molecule has 14 heavy (non-hydrogen) atoms. The van der Waals surface area contributed by atoms with Gasteiger partial charge in [0.05, 0.1) is 11.2 Å². The number of nitrogens with one attached hydrogen (secondary N) is 1. The topological polar surface area (TPSA) is 24.9 Å². The molecule has 1 heterocycles. The lowest BCUT2D eigenvalue weighted by Crippen LogP contribution is -2.25. The largest absolute Gasteiger partial charge is 0.309 e. The van der Waals surface area contributed by atoms with Crippen molar-refractivity contribution in [2.24, 2.45) is 5.92 Å². The highest BCUT2D eigenvalue weighted by molar-refractivity contribution is 7.07. The molecule has 0 aromatic carbocycles. The van der Waals surface area contributed by atoms with Gasteiger partial charge in [-0.1, -0.05) is 13.8 Å². The molecule has 0 saturated heterocycles. The summed E-state index contributed by atoms with van der Waals surface area (Å²) in [6, 6.07) is 0.596. The van der Waals surface area contributed by atoms with E-state index in [1.54, 1.807) is 11.3 Å². The predicted molar refractivity (Wildman–Crippen MR) is 62.5 cm³/mol. The first kappa shape index (κ1) is 11.7. The van der Waals surface area contributed by atoms with Crippen molar-refractivity contribution in [3.63, 3.8) is 0 Å². The van der Waals surface area contributed by atoms with Gasteiger partial charge in [-0.15, -0.1) is 11.3 Å². The number of hydrogen-bond donors (Lipinski definition) is 1. The highest BCUT2D eigenvalue weighted by atomic mass is 32.1. The summed E-state index contributed by atoms with van der Waals surface area (Å²) in [4.78, 5) is 4.24. The Balaban J connectivity index is 2.12. The summed E-state index contributed by atoms with van der Waals surface area (Å²) in [5, 5.41) is 5.58. The number of rotatable bonds is 6. The Kier molecular flexibility index (Phi) is 5.12. The van der Waals surface area contributed by atoms with Crippen molar-refractivity contribution in [1.29, 1.82) is 0 Å². The van der Waals surface area contributed by atoms with Gasteiger partial charge in [-0.2, -0.15) is 0 Å². The maximum atomic E-state index is 4.24. The molecular weight excluding hydrogens is 192 g/mol. The molecule has 1 unspecified atom stereocenters. The molecule has 1 atom stereocenters. The van der Waals surface area contributed by atoms with Gasteiger partial charge in [-0.25, -0.2) is 4.98 Å². The highest BCUT2D eigenvalue weighted by Crippen LogP contribution is 2.07. The van der Waals surface area contributed by atoms with Crippen molar-refractivity contribution in [3.8, 4) is 0 Å². The van der Waals surface area contributed by atoms with E-state index in [0.29, 0.717) is 6.04 Å². The van der Waals surface area contributed by atoms with Crippen molar-refractivity contribution in [2.45, 2.75) is 46.2 Å². The zero-order chi connectivity index (χ0) is 10.4. The van der Waals surface area contributed by atoms with Crippen LogP contribution in [-0.4, -0.2) is 11.0 Å². The Hall–Kier alpha value is -0.410. The predicted octanol–water partition coefficient (Wildman–Crippen LogP) is 3.06. The van der Waals surface area contributed by atoms with E-state index in [0.717, 1.165) is 18.2 Å². The zero-order valence-electron chi connectivity index (χ0n) is 9.29. The van der Waals surface area contributed by atoms with E-state index in [1.807, 2.05) is 5.51 Å². The second-order valence-corrected chi connectivity index (χ2v) is 4.95. The number of thiazole rings is 1. The minimum atomic E-state index is 0.596. The van der Waals surface area contributed by atoms with Crippen molar-refractivity contribution < 1.29 is 0 Å². The average Bonchev–Trinajstić information content (AvgIpc) is 2.63. The van der Waals surface area contributed by atoms with Crippen LogP contribution < -0.4 is 5.32 Å². The third-order valence-corrected chi connectivity index (χ3v) is 2.93. The van der Waals surface area contributed by atoms with Gasteiger partial charge in [0.1, 0.15) is 0 Å². The van der Waals surface area contributed by atoms with Gasteiger partial charge in [0.2, 0.25) is 0 Å². The summed E-state index contributed by atoms with van der Waals surface area (Å²) >= 11 is 1.66. The Morgan fingerprint density at radius 3 is 2.71 bits per heavy atom. The molecule has 1 aromatic heterocycles. The third-order valence-electron chi connectivity index (χ3n) is 2.29.